The Morgan fingerprint density at radius 1 is 1.09 bits per heavy atom. The summed E-state index contributed by atoms with van der Waals surface area (Å²) in [6.07, 6.45) is 1.35. The third-order valence-corrected chi connectivity index (χ3v) is 4.53. The Morgan fingerprint density at radius 3 is 2.61 bits per heavy atom. The largest absolute Gasteiger partial charge is 0.320 e. The van der Waals surface area contributed by atoms with Crippen molar-refractivity contribution in [2.45, 2.75) is 12.8 Å². The predicted molar refractivity (Wildman–Crippen MR) is 92.4 cm³/mol. The molecule has 3 rings (SSSR count). The van der Waals surface area contributed by atoms with E-state index in [1.165, 1.54) is 0 Å². The fraction of sp³-hybridized carbons (Fsp3) is 0.176. The Balaban J connectivity index is 1.90. The van der Waals surface area contributed by atoms with Gasteiger partial charge in [0, 0.05) is 13.0 Å². The molecule has 0 aliphatic carbocycles. The minimum absolute atomic E-state index is 0.0625. The highest BCUT2D eigenvalue weighted by Gasteiger charge is 2.24. The van der Waals surface area contributed by atoms with Crippen molar-refractivity contribution in [3.8, 4) is 0 Å². The topological polar surface area (TPSA) is 49.4 Å². The summed E-state index contributed by atoms with van der Waals surface area (Å²) in [6, 6.07) is 12.1. The van der Waals surface area contributed by atoms with Crippen molar-refractivity contribution in [3.63, 3.8) is 0 Å². The van der Waals surface area contributed by atoms with Gasteiger partial charge in [0.05, 0.1) is 27.0 Å². The number of halogens is 2. The van der Waals surface area contributed by atoms with Crippen LogP contribution in [0.5, 0.6) is 0 Å². The second kappa shape index (κ2) is 6.60. The highest BCUT2D eigenvalue weighted by Crippen LogP contribution is 2.31. The van der Waals surface area contributed by atoms with E-state index in [0.29, 0.717) is 34.9 Å². The van der Waals surface area contributed by atoms with Crippen molar-refractivity contribution in [2.75, 3.05) is 16.8 Å². The van der Waals surface area contributed by atoms with Gasteiger partial charge in [0.15, 0.2) is 0 Å². The van der Waals surface area contributed by atoms with Gasteiger partial charge in [-0.05, 0) is 30.7 Å². The zero-order chi connectivity index (χ0) is 16.4. The molecule has 1 saturated heterocycles. The molecule has 23 heavy (non-hydrogen) atoms. The molecule has 1 heterocycles. The molecular weight excluding hydrogens is 335 g/mol. The van der Waals surface area contributed by atoms with E-state index in [-0.39, 0.29) is 16.8 Å². The molecule has 0 unspecified atom stereocenters. The van der Waals surface area contributed by atoms with Gasteiger partial charge in [0.2, 0.25) is 5.91 Å². The van der Waals surface area contributed by atoms with E-state index < -0.39 is 0 Å². The van der Waals surface area contributed by atoms with Crippen LogP contribution in [0.15, 0.2) is 42.5 Å². The van der Waals surface area contributed by atoms with E-state index in [4.69, 9.17) is 23.2 Å². The van der Waals surface area contributed by atoms with Gasteiger partial charge in [-0.3, -0.25) is 9.59 Å². The minimum atomic E-state index is -0.364. The number of carbonyl (C=O) groups excluding carboxylic acids is 2. The molecule has 1 aliphatic rings. The number of amides is 2. The summed E-state index contributed by atoms with van der Waals surface area (Å²) in [5.41, 5.74) is 1.56. The van der Waals surface area contributed by atoms with Gasteiger partial charge in [-0.2, -0.15) is 0 Å². The summed E-state index contributed by atoms with van der Waals surface area (Å²) in [5.74, 6) is -0.302. The van der Waals surface area contributed by atoms with E-state index in [0.717, 1.165) is 6.42 Å². The van der Waals surface area contributed by atoms with E-state index >= 15 is 0 Å². The van der Waals surface area contributed by atoms with E-state index in [1.807, 2.05) is 12.1 Å². The number of anilines is 2. The standard InChI is InChI=1S/C17H14Cl2N2O2/c18-12-6-3-5-11(16(12)19)17(23)20-13-7-1-2-8-14(13)21-10-4-9-15(21)22/h1-3,5-8H,4,9-10H2,(H,20,23). The normalized spacial score (nSPS) is 14.2. The Morgan fingerprint density at radius 2 is 1.87 bits per heavy atom. The van der Waals surface area contributed by atoms with Crippen LogP contribution in [0.25, 0.3) is 0 Å². The first-order valence-corrected chi connectivity index (χ1v) is 7.98. The molecule has 1 fully saturated rings. The lowest BCUT2D eigenvalue weighted by molar-refractivity contribution is -0.117. The molecule has 0 radical (unpaired) electrons. The van der Waals surface area contributed by atoms with Crippen molar-refractivity contribution in [1.82, 2.24) is 0 Å². The zero-order valence-electron chi connectivity index (χ0n) is 12.2. The Labute approximate surface area is 144 Å². The van der Waals surface area contributed by atoms with Gasteiger partial charge < -0.3 is 10.2 Å². The molecule has 0 atom stereocenters. The van der Waals surface area contributed by atoms with E-state index in [2.05, 4.69) is 5.32 Å². The molecule has 1 aliphatic heterocycles. The van der Waals surface area contributed by atoms with Crippen LogP contribution in [-0.2, 0) is 4.79 Å². The Bertz CT molecular complexity index is 777. The summed E-state index contributed by atoms with van der Waals surface area (Å²) in [5, 5.41) is 3.35. The lowest BCUT2D eigenvalue weighted by Gasteiger charge is -2.20. The molecule has 2 aromatic rings. The summed E-state index contributed by atoms with van der Waals surface area (Å²) >= 11 is 12.0. The molecule has 0 aromatic heterocycles. The highest BCUT2D eigenvalue weighted by molar-refractivity contribution is 6.44. The Hall–Kier alpha value is -2.04. The molecule has 0 spiro atoms. The first-order chi connectivity index (χ1) is 11.1. The fourth-order valence-electron chi connectivity index (χ4n) is 2.59. The fourth-order valence-corrected chi connectivity index (χ4v) is 2.97. The van der Waals surface area contributed by atoms with Crippen LogP contribution in [0.4, 0.5) is 11.4 Å². The first-order valence-electron chi connectivity index (χ1n) is 7.22. The molecule has 0 bridgehead atoms. The maximum atomic E-state index is 12.5. The van der Waals surface area contributed by atoms with Crippen molar-refractivity contribution >= 4 is 46.4 Å². The van der Waals surface area contributed by atoms with Crippen molar-refractivity contribution in [3.05, 3.63) is 58.1 Å². The summed E-state index contributed by atoms with van der Waals surface area (Å²) in [6.45, 7) is 0.656. The molecule has 4 nitrogen and oxygen atoms in total. The molecule has 2 amide bonds. The van der Waals surface area contributed by atoms with Gasteiger partial charge in [0.25, 0.3) is 5.91 Å². The SMILES string of the molecule is O=C(Nc1ccccc1N1CCCC1=O)c1cccc(Cl)c1Cl. The monoisotopic (exact) mass is 348 g/mol. The summed E-state index contributed by atoms with van der Waals surface area (Å²) in [4.78, 5) is 26.1. The lowest BCUT2D eigenvalue weighted by atomic mass is 10.2. The van der Waals surface area contributed by atoms with Gasteiger partial charge in [-0.1, -0.05) is 41.4 Å². The number of nitrogens with one attached hydrogen (secondary N) is 1. The van der Waals surface area contributed by atoms with E-state index in [1.54, 1.807) is 35.2 Å². The van der Waals surface area contributed by atoms with E-state index in [9.17, 15) is 9.59 Å². The number of carbonyl (C=O) groups is 2. The van der Waals surface area contributed by atoms with Gasteiger partial charge >= 0.3 is 0 Å². The van der Waals surface area contributed by atoms with Crippen molar-refractivity contribution in [2.24, 2.45) is 0 Å². The smallest absolute Gasteiger partial charge is 0.257 e. The maximum absolute atomic E-state index is 12.5. The van der Waals surface area contributed by atoms with Gasteiger partial charge in [-0.15, -0.1) is 0 Å². The van der Waals surface area contributed by atoms with Crippen molar-refractivity contribution < 1.29 is 9.59 Å². The molecule has 1 N–H and O–H groups in total. The average Bonchev–Trinajstić information content (AvgIpc) is 2.96. The first kappa shape index (κ1) is 15.8. The number of hydrogen-bond acceptors (Lipinski definition) is 2. The third kappa shape index (κ3) is 3.19. The van der Waals surface area contributed by atoms with Gasteiger partial charge in [-0.25, -0.2) is 0 Å². The van der Waals surface area contributed by atoms with Crippen LogP contribution in [0, 0.1) is 0 Å². The molecule has 6 heteroatoms. The quantitative estimate of drug-likeness (QED) is 0.894. The number of benzene rings is 2. The molecular formula is C17H14Cl2N2O2. The number of rotatable bonds is 3. The average molecular weight is 349 g/mol. The number of para-hydroxylation sites is 2. The molecule has 0 saturated carbocycles. The summed E-state index contributed by atoms with van der Waals surface area (Å²) < 4.78 is 0. The maximum Gasteiger partial charge on any atom is 0.257 e. The number of nitrogens with zero attached hydrogens (tertiary/aromatic N) is 1. The second-order valence-corrected chi connectivity index (χ2v) is 6.01. The van der Waals surface area contributed by atoms with Crippen LogP contribution in [0.3, 0.4) is 0 Å². The molecule has 118 valence electrons. The predicted octanol–water partition coefficient (Wildman–Crippen LogP) is 4.37. The highest BCUT2D eigenvalue weighted by atomic mass is 35.5. The van der Waals surface area contributed by atoms with Crippen molar-refractivity contribution in [1.29, 1.82) is 0 Å². The number of hydrogen-bond donors (Lipinski definition) is 1. The van der Waals surface area contributed by atoms with Crippen LogP contribution < -0.4 is 10.2 Å². The minimum Gasteiger partial charge on any atom is -0.320 e. The van der Waals surface area contributed by atoms with Crippen LogP contribution in [0.1, 0.15) is 23.2 Å². The third-order valence-electron chi connectivity index (χ3n) is 3.71. The Kier molecular flexibility index (Phi) is 4.55. The zero-order valence-corrected chi connectivity index (χ0v) is 13.7. The van der Waals surface area contributed by atoms with Crippen LogP contribution in [-0.4, -0.2) is 18.4 Å². The second-order valence-electron chi connectivity index (χ2n) is 5.22. The lowest BCUT2D eigenvalue weighted by Crippen LogP contribution is -2.25. The summed E-state index contributed by atoms with van der Waals surface area (Å²) in [7, 11) is 0. The van der Waals surface area contributed by atoms with Crippen LogP contribution >= 0.6 is 23.2 Å². The van der Waals surface area contributed by atoms with Crippen LogP contribution in [0.2, 0.25) is 10.0 Å². The van der Waals surface area contributed by atoms with Gasteiger partial charge in [0.1, 0.15) is 0 Å². The molecule has 2 aromatic carbocycles.